The third-order valence-electron chi connectivity index (χ3n) is 4.87. The summed E-state index contributed by atoms with van der Waals surface area (Å²) in [6.45, 7) is 2.16. The Balaban J connectivity index is 1.60. The number of piperidine rings is 1. The van der Waals surface area contributed by atoms with Crippen molar-refractivity contribution in [2.75, 3.05) is 33.7 Å². The Hall–Kier alpha value is -2.32. The van der Waals surface area contributed by atoms with Crippen molar-refractivity contribution in [1.82, 2.24) is 34.8 Å². The van der Waals surface area contributed by atoms with Gasteiger partial charge in [-0.2, -0.15) is 0 Å². The average molecular weight is 374 g/mol. The molecule has 1 aliphatic heterocycles. The first-order valence-corrected chi connectivity index (χ1v) is 8.99. The lowest BCUT2D eigenvalue weighted by molar-refractivity contribution is -0.130. The number of carbonyl (C=O) groups is 1. The van der Waals surface area contributed by atoms with Crippen LogP contribution in [0.4, 0.5) is 0 Å². The van der Waals surface area contributed by atoms with E-state index in [4.69, 9.17) is 11.6 Å². The lowest BCUT2D eigenvalue weighted by Gasteiger charge is -2.32. The van der Waals surface area contributed by atoms with Crippen molar-refractivity contribution in [3.05, 3.63) is 23.5 Å². The predicted octanol–water partition coefficient (Wildman–Crippen LogP) is 1.75. The van der Waals surface area contributed by atoms with E-state index in [1.165, 1.54) is 0 Å². The standard InChI is InChI=1S/C17H20ClN7O/c1-23(2)15(26)10-24-7-5-11(6-8-24)25-17-13(21-22-25)9-19-12-3-4-14(18)20-16(12)17/h3-4,9,11H,5-8,10H2,1-2H3. The Morgan fingerprint density at radius 3 is 2.77 bits per heavy atom. The summed E-state index contributed by atoms with van der Waals surface area (Å²) in [6, 6.07) is 3.81. The van der Waals surface area contributed by atoms with Crippen molar-refractivity contribution in [2.45, 2.75) is 18.9 Å². The molecule has 0 aliphatic carbocycles. The molecule has 0 bridgehead atoms. The zero-order chi connectivity index (χ0) is 18.3. The molecule has 1 saturated heterocycles. The fourth-order valence-corrected chi connectivity index (χ4v) is 3.52. The zero-order valence-electron chi connectivity index (χ0n) is 14.8. The van der Waals surface area contributed by atoms with E-state index in [-0.39, 0.29) is 11.9 Å². The quantitative estimate of drug-likeness (QED) is 0.651. The van der Waals surface area contributed by atoms with Crippen LogP contribution >= 0.6 is 11.6 Å². The van der Waals surface area contributed by atoms with Crippen LogP contribution in [0.3, 0.4) is 0 Å². The SMILES string of the molecule is CN(C)C(=O)CN1CCC(n2nnc3cnc4ccc(Cl)nc4c32)CC1. The number of likely N-dealkylation sites (tertiary alicyclic amines) is 1. The first-order chi connectivity index (χ1) is 12.5. The van der Waals surface area contributed by atoms with Crippen LogP contribution in [0.1, 0.15) is 18.9 Å². The van der Waals surface area contributed by atoms with Gasteiger partial charge in [0, 0.05) is 27.2 Å². The number of pyridine rings is 2. The lowest BCUT2D eigenvalue weighted by Crippen LogP contribution is -2.41. The molecule has 0 aromatic carbocycles. The smallest absolute Gasteiger partial charge is 0.236 e. The molecule has 8 nitrogen and oxygen atoms in total. The summed E-state index contributed by atoms with van der Waals surface area (Å²) in [5, 5.41) is 9.05. The summed E-state index contributed by atoms with van der Waals surface area (Å²) in [5.74, 6) is 0.130. The summed E-state index contributed by atoms with van der Waals surface area (Å²) in [6.07, 6.45) is 3.54. The predicted molar refractivity (Wildman–Crippen MR) is 99.0 cm³/mol. The molecule has 1 fully saturated rings. The molecule has 136 valence electrons. The van der Waals surface area contributed by atoms with E-state index >= 15 is 0 Å². The number of carbonyl (C=O) groups excluding carboxylic acids is 1. The van der Waals surface area contributed by atoms with E-state index in [9.17, 15) is 4.79 Å². The van der Waals surface area contributed by atoms with Crippen molar-refractivity contribution in [1.29, 1.82) is 0 Å². The van der Waals surface area contributed by atoms with E-state index in [0.717, 1.165) is 48.0 Å². The summed E-state index contributed by atoms with van der Waals surface area (Å²) in [5.41, 5.74) is 3.10. The third-order valence-corrected chi connectivity index (χ3v) is 5.08. The van der Waals surface area contributed by atoms with Gasteiger partial charge in [0.15, 0.2) is 0 Å². The first-order valence-electron chi connectivity index (χ1n) is 8.61. The van der Waals surface area contributed by atoms with Gasteiger partial charge in [-0.1, -0.05) is 16.8 Å². The van der Waals surface area contributed by atoms with Crippen LogP contribution in [0.15, 0.2) is 18.3 Å². The fourth-order valence-electron chi connectivity index (χ4n) is 3.37. The number of halogens is 1. The topological polar surface area (TPSA) is 80.0 Å². The Bertz CT molecular complexity index is 962. The summed E-state index contributed by atoms with van der Waals surface area (Å²) >= 11 is 6.09. The summed E-state index contributed by atoms with van der Waals surface area (Å²) in [4.78, 5) is 24.6. The maximum atomic E-state index is 11.9. The monoisotopic (exact) mass is 373 g/mol. The Morgan fingerprint density at radius 1 is 1.27 bits per heavy atom. The van der Waals surface area contributed by atoms with Gasteiger partial charge in [0.1, 0.15) is 21.7 Å². The molecule has 0 atom stereocenters. The second-order valence-corrected chi connectivity index (χ2v) is 7.21. The highest BCUT2D eigenvalue weighted by Gasteiger charge is 2.25. The van der Waals surface area contributed by atoms with Crippen LogP contribution < -0.4 is 0 Å². The van der Waals surface area contributed by atoms with Gasteiger partial charge in [-0.05, 0) is 25.0 Å². The van der Waals surface area contributed by atoms with E-state index in [1.54, 1.807) is 31.3 Å². The van der Waals surface area contributed by atoms with Crippen molar-refractivity contribution in [3.63, 3.8) is 0 Å². The Kier molecular flexibility index (Phi) is 4.46. The molecular weight excluding hydrogens is 354 g/mol. The van der Waals surface area contributed by atoms with Crippen LogP contribution in [-0.2, 0) is 4.79 Å². The van der Waals surface area contributed by atoms with Gasteiger partial charge in [0.25, 0.3) is 0 Å². The van der Waals surface area contributed by atoms with Crippen molar-refractivity contribution in [2.24, 2.45) is 0 Å². The molecule has 4 rings (SSSR count). The van der Waals surface area contributed by atoms with Gasteiger partial charge in [0.05, 0.1) is 24.3 Å². The van der Waals surface area contributed by atoms with E-state index in [0.29, 0.717) is 11.7 Å². The molecule has 4 heterocycles. The number of hydrogen-bond acceptors (Lipinski definition) is 6. The van der Waals surface area contributed by atoms with Crippen LogP contribution in [0.25, 0.3) is 22.1 Å². The van der Waals surface area contributed by atoms with Crippen LogP contribution in [0.5, 0.6) is 0 Å². The molecule has 0 radical (unpaired) electrons. The molecular formula is C17H20ClN7O. The second-order valence-electron chi connectivity index (χ2n) is 6.82. The number of aromatic nitrogens is 5. The first kappa shape index (κ1) is 17.1. The van der Waals surface area contributed by atoms with Crippen LogP contribution in [-0.4, -0.2) is 74.4 Å². The van der Waals surface area contributed by atoms with Crippen molar-refractivity contribution < 1.29 is 4.79 Å². The largest absolute Gasteiger partial charge is 0.348 e. The number of fused-ring (bicyclic) bond motifs is 3. The van der Waals surface area contributed by atoms with Crippen LogP contribution in [0, 0.1) is 0 Å². The summed E-state index contributed by atoms with van der Waals surface area (Å²) in [7, 11) is 3.57. The molecule has 1 amide bonds. The van der Waals surface area contributed by atoms with E-state index < -0.39 is 0 Å². The van der Waals surface area contributed by atoms with Gasteiger partial charge < -0.3 is 4.90 Å². The molecule has 9 heteroatoms. The maximum Gasteiger partial charge on any atom is 0.236 e. The molecule has 0 saturated carbocycles. The second kappa shape index (κ2) is 6.77. The molecule has 3 aromatic heterocycles. The maximum absolute atomic E-state index is 11.9. The van der Waals surface area contributed by atoms with Gasteiger partial charge in [-0.15, -0.1) is 5.10 Å². The highest BCUT2D eigenvalue weighted by Crippen LogP contribution is 2.28. The van der Waals surface area contributed by atoms with Gasteiger partial charge in [-0.25, -0.2) is 9.67 Å². The third kappa shape index (κ3) is 3.10. The Labute approximate surface area is 155 Å². The van der Waals surface area contributed by atoms with E-state index in [1.807, 2.05) is 10.7 Å². The zero-order valence-corrected chi connectivity index (χ0v) is 15.5. The number of amides is 1. The van der Waals surface area contributed by atoms with Crippen molar-refractivity contribution in [3.8, 4) is 0 Å². The summed E-state index contributed by atoms with van der Waals surface area (Å²) < 4.78 is 1.95. The normalized spacial score (nSPS) is 16.4. The minimum Gasteiger partial charge on any atom is -0.348 e. The average Bonchev–Trinajstić information content (AvgIpc) is 3.07. The number of likely N-dealkylation sites (N-methyl/N-ethyl adjacent to an activating group) is 1. The van der Waals surface area contributed by atoms with Gasteiger partial charge in [-0.3, -0.25) is 14.7 Å². The van der Waals surface area contributed by atoms with Crippen LogP contribution in [0.2, 0.25) is 5.15 Å². The van der Waals surface area contributed by atoms with E-state index in [2.05, 4.69) is 25.2 Å². The lowest BCUT2D eigenvalue weighted by atomic mass is 10.0. The molecule has 1 aliphatic rings. The molecule has 3 aromatic rings. The molecule has 0 spiro atoms. The highest BCUT2D eigenvalue weighted by molar-refractivity contribution is 6.30. The fraction of sp³-hybridized carbons (Fsp3) is 0.471. The number of nitrogens with zero attached hydrogens (tertiary/aromatic N) is 7. The van der Waals surface area contributed by atoms with Crippen molar-refractivity contribution >= 4 is 39.6 Å². The minimum absolute atomic E-state index is 0.130. The number of rotatable bonds is 3. The molecule has 26 heavy (non-hydrogen) atoms. The minimum atomic E-state index is 0.130. The number of hydrogen-bond donors (Lipinski definition) is 0. The van der Waals surface area contributed by atoms with Gasteiger partial charge >= 0.3 is 0 Å². The molecule has 0 unspecified atom stereocenters. The Morgan fingerprint density at radius 2 is 2.04 bits per heavy atom. The highest BCUT2D eigenvalue weighted by atomic mass is 35.5. The molecule has 0 N–H and O–H groups in total. The van der Waals surface area contributed by atoms with Gasteiger partial charge in [0.2, 0.25) is 5.91 Å².